The summed E-state index contributed by atoms with van der Waals surface area (Å²) < 4.78 is 1.24. The first kappa shape index (κ1) is 17.5. The van der Waals surface area contributed by atoms with Crippen LogP contribution in [0.15, 0.2) is 48.5 Å². The molecule has 4 nitrogen and oxygen atoms in total. The zero-order valence-corrected chi connectivity index (χ0v) is 15.9. The minimum absolute atomic E-state index is 0.0114. The highest BCUT2D eigenvalue weighted by molar-refractivity contribution is 7.18. The van der Waals surface area contributed by atoms with Crippen LogP contribution in [0.2, 0.25) is 5.02 Å². The van der Waals surface area contributed by atoms with Gasteiger partial charge in [0.05, 0.1) is 21.8 Å². The van der Waals surface area contributed by atoms with Gasteiger partial charge in [-0.3, -0.25) is 9.69 Å². The van der Waals surface area contributed by atoms with E-state index in [1.165, 1.54) is 9.71 Å². The Morgan fingerprint density at radius 2 is 2.04 bits per heavy atom. The fourth-order valence-corrected chi connectivity index (χ4v) is 4.62. The molecule has 0 bridgehead atoms. The molecule has 1 saturated heterocycles. The maximum absolute atomic E-state index is 12.4. The van der Waals surface area contributed by atoms with Crippen molar-refractivity contribution in [1.82, 2.24) is 9.88 Å². The van der Waals surface area contributed by atoms with Crippen LogP contribution in [0.4, 0.5) is 5.69 Å². The minimum Gasteiger partial charge on any atom is -0.325 e. The molecule has 0 aliphatic carbocycles. The van der Waals surface area contributed by atoms with E-state index in [2.05, 4.69) is 28.4 Å². The van der Waals surface area contributed by atoms with Crippen LogP contribution in [-0.4, -0.2) is 35.4 Å². The molecular formula is C20H20ClN3OS. The van der Waals surface area contributed by atoms with Gasteiger partial charge >= 0.3 is 0 Å². The van der Waals surface area contributed by atoms with Crippen molar-refractivity contribution < 1.29 is 4.79 Å². The van der Waals surface area contributed by atoms with Crippen molar-refractivity contribution in [2.75, 3.05) is 25.0 Å². The number of para-hydroxylation sites is 1. The lowest BCUT2D eigenvalue weighted by atomic mass is 9.99. The molecule has 1 aliphatic heterocycles. The lowest BCUT2D eigenvalue weighted by Crippen LogP contribution is -2.39. The molecule has 1 aromatic heterocycles. The topological polar surface area (TPSA) is 45.2 Å². The Kier molecular flexibility index (Phi) is 5.20. The largest absolute Gasteiger partial charge is 0.325 e. The van der Waals surface area contributed by atoms with Gasteiger partial charge in [0.15, 0.2) is 0 Å². The highest BCUT2D eigenvalue weighted by Gasteiger charge is 2.25. The molecule has 134 valence electrons. The Morgan fingerprint density at radius 3 is 2.85 bits per heavy atom. The molecule has 6 heteroatoms. The third kappa shape index (κ3) is 4.06. The normalized spacial score (nSPS) is 18.1. The van der Waals surface area contributed by atoms with Crippen LogP contribution in [0, 0.1) is 0 Å². The monoisotopic (exact) mass is 385 g/mol. The van der Waals surface area contributed by atoms with Crippen molar-refractivity contribution >= 4 is 44.7 Å². The van der Waals surface area contributed by atoms with Gasteiger partial charge in [-0.25, -0.2) is 4.98 Å². The van der Waals surface area contributed by atoms with Gasteiger partial charge in [0.25, 0.3) is 0 Å². The summed E-state index contributed by atoms with van der Waals surface area (Å²) in [6, 6.07) is 15.5. The predicted octanol–water partition coefficient (Wildman–Crippen LogP) is 4.77. The van der Waals surface area contributed by atoms with Crippen molar-refractivity contribution in [3.05, 3.63) is 58.6 Å². The first-order valence-corrected chi connectivity index (χ1v) is 10.00. The van der Waals surface area contributed by atoms with E-state index in [1.54, 1.807) is 23.5 Å². The van der Waals surface area contributed by atoms with E-state index in [-0.39, 0.29) is 5.91 Å². The number of thiazole rings is 1. The molecule has 0 spiro atoms. The fourth-order valence-electron chi connectivity index (χ4n) is 3.40. The van der Waals surface area contributed by atoms with Gasteiger partial charge in [-0.1, -0.05) is 23.7 Å². The van der Waals surface area contributed by atoms with Crippen LogP contribution in [0.3, 0.4) is 0 Å². The summed E-state index contributed by atoms with van der Waals surface area (Å²) in [5.74, 6) is 0.418. The SMILES string of the molecule is O=C(CN1CCC[C@H](c2nc3ccccc3s2)C1)Nc1ccc(Cl)cc1. The van der Waals surface area contributed by atoms with E-state index in [1.807, 2.05) is 18.2 Å². The molecule has 3 aromatic rings. The number of likely N-dealkylation sites (tertiary alicyclic amines) is 1. The molecule has 26 heavy (non-hydrogen) atoms. The Balaban J connectivity index is 1.38. The molecule has 1 N–H and O–H groups in total. The number of aromatic nitrogens is 1. The number of anilines is 1. The van der Waals surface area contributed by atoms with E-state index in [0.29, 0.717) is 17.5 Å². The molecule has 0 unspecified atom stereocenters. The second-order valence-corrected chi connectivity index (χ2v) is 8.15. The average Bonchev–Trinajstić information content (AvgIpc) is 3.08. The molecule has 1 atom stereocenters. The number of hydrogen-bond donors (Lipinski definition) is 1. The Hall–Kier alpha value is -1.95. The third-order valence-corrected chi connectivity index (χ3v) is 6.11. The first-order chi connectivity index (χ1) is 12.7. The number of carbonyl (C=O) groups is 1. The van der Waals surface area contributed by atoms with Crippen LogP contribution in [0.5, 0.6) is 0 Å². The molecule has 0 saturated carbocycles. The molecule has 2 aromatic carbocycles. The first-order valence-electron chi connectivity index (χ1n) is 8.80. The highest BCUT2D eigenvalue weighted by Crippen LogP contribution is 2.32. The summed E-state index contributed by atoms with van der Waals surface area (Å²) in [5.41, 5.74) is 1.85. The van der Waals surface area contributed by atoms with Gasteiger partial charge in [-0.2, -0.15) is 0 Å². The lowest BCUT2D eigenvalue weighted by Gasteiger charge is -2.31. The summed E-state index contributed by atoms with van der Waals surface area (Å²) in [6.45, 7) is 2.24. The molecule has 1 fully saturated rings. The number of benzene rings is 2. The van der Waals surface area contributed by atoms with Crippen molar-refractivity contribution in [1.29, 1.82) is 0 Å². The van der Waals surface area contributed by atoms with Crippen molar-refractivity contribution in [2.24, 2.45) is 0 Å². The maximum atomic E-state index is 12.4. The van der Waals surface area contributed by atoms with Crippen LogP contribution < -0.4 is 5.32 Å². The standard InChI is InChI=1S/C20H20ClN3OS/c21-15-7-9-16(10-8-15)22-19(25)13-24-11-3-4-14(12-24)20-23-17-5-1-2-6-18(17)26-20/h1-2,5-10,14H,3-4,11-13H2,(H,22,25)/t14-/m0/s1. The maximum Gasteiger partial charge on any atom is 0.238 e. The van der Waals surface area contributed by atoms with Crippen molar-refractivity contribution in [3.8, 4) is 0 Å². The summed E-state index contributed by atoms with van der Waals surface area (Å²) >= 11 is 7.66. The van der Waals surface area contributed by atoms with E-state index in [9.17, 15) is 4.79 Å². The number of nitrogens with zero attached hydrogens (tertiary/aromatic N) is 2. The van der Waals surface area contributed by atoms with Crippen molar-refractivity contribution in [3.63, 3.8) is 0 Å². The molecular weight excluding hydrogens is 366 g/mol. The zero-order chi connectivity index (χ0) is 17.9. The number of fused-ring (bicyclic) bond motifs is 1. The quantitative estimate of drug-likeness (QED) is 0.703. The number of amides is 1. The van der Waals surface area contributed by atoms with Crippen LogP contribution in [0.25, 0.3) is 10.2 Å². The van der Waals surface area contributed by atoms with Gasteiger partial charge in [0, 0.05) is 23.2 Å². The second-order valence-electron chi connectivity index (χ2n) is 6.65. The van der Waals surface area contributed by atoms with Crippen LogP contribution >= 0.6 is 22.9 Å². The lowest BCUT2D eigenvalue weighted by molar-refractivity contribution is -0.117. The van der Waals surface area contributed by atoms with Gasteiger partial charge in [0.1, 0.15) is 0 Å². The van der Waals surface area contributed by atoms with Crippen molar-refractivity contribution in [2.45, 2.75) is 18.8 Å². The van der Waals surface area contributed by atoms with E-state index in [0.717, 1.165) is 37.1 Å². The Bertz CT molecular complexity index is 876. The highest BCUT2D eigenvalue weighted by atomic mass is 35.5. The molecule has 0 radical (unpaired) electrons. The zero-order valence-electron chi connectivity index (χ0n) is 14.3. The fraction of sp³-hybridized carbons (Fsp3) is 0.300. The Labute approximate surface area is 161 Å². The van der Waals surface area contributed by atoms with Gasteiger partial charge < -0.3 is 5.32 Å². The molecule has 1 amide bonds. The Morgan fingerprint density at radius 1 is 1.23 bits per heavy atom. The average molecular weight is 386 g/mol. The van der Waals surface area contributed by atoms with E-state index >= 15 is 0 Å². The van der Waals surface area contributed by atoms with Gasteiger partial charge in [-0.05, 0) is 55.8 Å². The summed E-state index contributed by atoms with van der Waals surface area (Å²) in [5, 5.41) is 4.79. The summed E-state index contributed by atoms with van der Waals surface area (Å²) in [4.78, 5) is 19.4. The van der Waals surface area contributed by atoms with Crippen LogP contribution in [-0.2, 0) is 4.79 Å². The van der Waals surface area contributed by atoms with E-state index < -0.39 is 0 Å². The summed E-state index contributed by atoms with van der Waals surface area (Å²) in [7, 11) is 0. The number of hydrogen-bond acceptors (Lipinski definition) is 4. The third-order valence-electron chi connectivity index (χ3n) is 4.66. The van der Waals surface area contributed by atoms with E-state index in [4.69, 9.17) is 16.6 Å². The number of halogens is 1. The second kappa shape index (κ2) is 7.74. The van der Waals surface area contributed by atoms with Gasteiger partial charge in [-0.15, -0.1) is 11.3 Å². The minimum atomic E-state index is 0.0114. The smallest absolute Gasteiger partial charge is 0.238 e. The molecule has 2 heterocycles. The van der Waals surface area contributed by atoms with Crippen LogP contribution in [0.1, 0.15) is 23.8 Å². The van der Waals surface area contributed by atoms with Gasteiger partial charge in [0.2, 0.25) is 5.91 Å². The predicted molar refractivity (Wildman–Crippen MR) is 108 cm³/mol. The number of rotatable bonds is 4. The molecule has 4 rings (SSSR count). The summed E-state index contributed by atoms with van der Waals surface area (Å²) in [6.07, 6.45) is 2.23. The number of carbonyl (C=O) groups excluding carboxylic acids is 1. The number of piperidine rings is 1. The molecule has 1 aliphatic rings. The number of nitrogens with one attached hydrogen (secondary N) is 1.